The third kappa shape index (κ3) is 4.95. The average Bonchev–Trinajstić information content (AvgIpc) is 3.14. The number of hydrogen-bond acceptors (Lipinski definition) is 7. The van der Waals surface area contributed by atoms with Gasteiger partial charge in [0.25, 0.3) is 5.91 Å². The first kappa shape index (κ1) is 22.6. The molecule has 2 aliphatic heterocycles. The van der Waals surface area contributed by atoms with E-state index in [0.717, 1.165) is 23.9 Å². The second kappa shape index (κ2) is 8.77. The molecule has 2 aliphatic rings. The highest BCUT2D eigenvalue weighted by Crippen LogP contribution is 2.34. The number of carbonyl (C=O) groups is 1. The maximum atomic E-state index is 13.0. The van der Waals surface area contributed by atoms with Gasteiger partial charge in [-0.3, -0.25) is 14.9 Å². The van der Waals surface area contributed by atoms with Gasteiger partial charge in [0.1, 0.15) is 0 Å². The number of hydrogen-bond donors (Lipinski definition) is 1. The molecule has 1 saturated heterocycles. The summed E-state index contributed by atoms with van der Waals surface area (Å²) < 4.78 is 39.0. The Morgan fingerprint density at radius 1 is 1.09 bits per heavy atom. The first-order valence-electron chi connectivity index (χ1n) is 9.79. The number of nitro groups is 1. The van der Waals surface area contributed by atoms with Gasteiger partial charge in [-0.05, 0) is 47.7 Å². The Balaban J connectivity index is 1.42. The summed E-state index contributed by atoms with van der Waals surface area (Å²) >= 11 is 1.13. The Kier molecular flexibility index (Phi) is 6.02. The minimum Gasteiger partial charge on any atom is -0.502 e. The van der Waals surface area contributed by atoms with Crippen molar-refractivity contribution >= 4 is 40.3 Å². The van der Waals surface area contributed by atoms with Crippen LogP contribution in [0, 0.1) is 10.1 Å². The van der Waals surface area contributed by atoms with Crippen LogP contribution < -0.4 is 4.90 Å². The SMILES string of the molecule is O=C1N=C(N2CCN(c3cccc(C(F)(F)F)c3)CC2)S/C1=C/c1ccc(O)c([N+](=O)[O-])c1. The highest BCUT2D eigenvalue weighted by atomic mass is 32.2. The number of phenolic OH excluding ortho intramolecular Hbond substituents is 1. The molecule has 2 aromatic rings. The number of thioether (sulfide) groups is 1. The van der Waals surface area contributed by atoms with Crippen molar-refractivity contribution in [2.45, 2.75) is 6.18 Å². The van der Waals surface area contributed by atoms with Crippen LogP contribution in [-0.4, -0.2) is 52.2 Å². The number of amides is 1. The molecule has 0 atom stereocenters. The second-order valence-electron chi connectivity index (χ2n) is 7.34. The molecule has 4 rings (SSSR count). The number of benzene rings is 2. The molecule has 0 radical (unpaired) electrons. The zero-order valence-electron chi connectivity index (χ0n) is 17.0. The van der Waals surface area contributed by atoms with Gasteiger partial charge in [0.15, 0.2) is 10.9 Å². The number of carbonyl (C=O) groups excluding carboxylic acids is 1. The van der Waals surface area contributed by atoms with Gasteiger partial charge in [0, 0.05) is 37.9 Å². The van der Waals surface area contributed by atoms with Gasteiger partial charge >= 0.3 is 11.9 Å². The number of piperazine rings is 1. The standard InChI is InChI=1S/C21H17F3N4O4S/c22-21(23,24)14-2-1-3-15(12-14)26-6-8-27(9-7-26)20-25-19(30)18(33-20)11-13-4-5-17(29)16(10-13)28(31)32/h1-5,10-12,29H,6-9H2/b18-11+. The van der Waals surface area contributed by atoms with E-state index in [1.807, 2.05) is 9.80 Å². The Morgan fingerprint density at radius 2 is 1.79 bits per heavy atom. The van der Waals surface area contributed by atoms with Crippen LogP contribution in [0.25, 0.3) is 6.08 Å². The molecular formula is C21H17F3N4O4S. The number of aromatic hydroxyl groups is 1. The van der Waals surface area contributed by atoms with Crippen molar-refractivity contribution in [2.75, 3.05) is 31.1 Å². The van der Waals surface area contributed by atoms with Gasteiger partial charge in [-0.25, -0.2) is 0 Å². The summed E-state index contributed by atoms with van der Waals surface area (Å²) in [4.78, 5) is 30.7. The molecule has 1 fully saturated rings. The molecule has 172 valence electrons. The first-order chi connectivity index (χ1) is 15.6. The van der Waals surface area contributed by atoms with E-state index < -0.39 is 34.0 Å². The van der Waals surface area contributed by atoms with Crippen LogP contribution in [0.2, 0.25) is 0 Å². The van der Waals surface area contributed by atoms with E-state index in [-0.39, 0.29) is 4.91 Å². The highest BCUT2D eigenvalue weighted by molar-refractivity contribution is 8.18. The van der Waals surface area contributed by atoms with Crippen LogP contribution in [0.15, 0.2) is 52.4 Å². The number of amidine groups is 1. The molecule has 0 spiro atoms. The summed E-state index contributed by atoms with van der Waals surface area (Å²) in [5, 5.41) is 21.0. The Bertz CT molecular complexity index is 1170. The molecule has 8 nitrogen and oxygen atoms in total. The number of alkyl halides is 3. The number of halogens is 3. The van der Waals surface area contributed by atoms with Gasteiger partial charge in [0.2, 0.25) is 0 Å². The van der Waals surface area contributed by atoms with Crippen molar-refractivity contribution in [3.8, 4) is 5.75 Å². The predicted octanol–water partition coefficient (Wildman–Crippen LogP) is 4.11. The maximum absolute atomic E-state index is 13.0. The fourth-order valence-electron chi connectivity index (χ4n) is 3.50. The summed E-state index contributed by atoms with van der Waals surface area (Å²) in [6.07, 6.45) is -2.94. The zero-order valence-corrected chi connectivity index (χ0v) is 17.8. The third-order valence-electron chi connectivity index (χ3n) is 5.19. The van der Waals surface area contributed by atoms with E-state index in [1.54, 1.807) is 6.07 Å². The van der Waals surface area contributed by atoms with Crippen LogP contribution in [-0.2, 0) is 11.0 Å². The monoisotopic (exact) mass is 478 g/mol. The molecule has 0 saturated carbocycles. The van der Waals surface area contributed by atoms with Crippen LogP contribution >= 0.6 is 11.8 Å². The number of nitro benzene ring substituents is 1. The van der Waals surface area contributed by atoms with Gasteiger partial charge in [-0.2, -0.15) is 18.2 Å². The Hall–Kier alpha value is -3.54. The lowest BCUT2D eigenvalue weighted by Crippen LogP contribution is -2.47. The minimum atomic E-state index is -4.41. The smallest absolute Gasteiger partial charge is 0.416 e. The number of phenols is 1. The number of anilines is 1. The molecule has 1 amide bonds. The topological polar surface area (TPSA) is 99.3 Å². The Labute approximate surface area is 190 Å². The van der Waals surface area contributed by atoms with E-state index in [1.165, 1.54) is 30.3 Å². The van der Waals surface area contributed by atoms with E-state index >= 15 is 0 Å². The number of aliphatic imine (C=N–C) groups is 1. The molecule has 0 unspecified atom stereocenters. The number of nitrogens with zero attached hydrogens (tertiary/aromatic N) is 4. The molecular weight excluding hydrogens is 461 g/mol. The first-order valence-corrected chi connectivity index (χ1v) is 10.6. The van der Waals surface area contributed by atoms with Gasteiger partial charge in [-0.15, -0.1) is 0 Å². The molecule has 0 bridgehead atoms. The summed E-state index contributed by atoms with van der Waals surface area (Å²) in [6.45, 7) is 1.84. The van der Waals surface area contributed by atoms with Crippen molar-refractivity contribution in [1.29, 1.82) is 0 Å². The van der Waals surface area contributed by atoms with E-state index in [4.69, 9.17) is 0 Å². The fourth-order valence-corrected chi connectivity index (χ4v) is 4.46. The van der Waals surface area contributed by atoms with Crippen molar-refractivity contribution < 1.29 is 28.0 Å². The molecule has 0 aliphatic carbocycles. The van der Waals surface area contributed by atoms with E-state index in [2.05, 4.69) is 4.99 Å². The van der Waals surface area contributed by atoms with Crippen molar-refractivity contribution in [2.24, 2.45) is 4.99 Å². The average molecular weight is 478 g/mol. The molecule has 1 N–H and O–H groups in total. The predicted molar refractivity (Wildman–Crippen MR) is 118 cm³/mol. The van der Waals surface area contributed by atoms with Crippen molar-refractivity contribution in [1.82, 2.24) is 4.90 Å². The van der Waals surface area contributed by atoms with Gasteiger partial charge in [0.05, 0.1) is 15.4 Å². The zero-order chi connectivity index (χ0) is 23.8. The summed E-state index contributed by atoms with van der Waals surface area (Å²) in [5.74, 6) is -0.950. The third-order valence-corrected chi connectivity index (χ3v) is 6.24. The van der Waals surface area contributed by atoms with E-state index in [9.17, 15) is 33.2 Å². The molecule has 2 aromatic carbocycles. The minimum absolute atomic E-state index is 0.283. The van der Waals surface area contributed by atoms with Gasteiger partial charge < -0.3 is 14.9 Å². The normalized spacial score (nSPS) is 18.1. The summed E-state index contributed by atoms with van der Waals surface area (Å²) in [7, 11) is 0. The summed E-state index contributed by atoms with van der Waals surface area (Å²) in [6, 6.07) is 8.98. The molecule has 12 heteroatoms. The van der Waals surface area contributed by atoms with Crippen molar-refractivity contribution in [3.05, 3.63) is 68.6 Å². The molecule has 2 heterocycles. The summed E-state index contributed by atoms with van der Waals surface area (Å²) in [5.41, 5.74) is -0.308. The van der Waals surface area contributed by atoms with Crippen molar-refractivity contribution in [3.63, 3.8) is 0 Å². The fraction of sp³-hybridized carbons (Fsp3) is 0.238. The lowest BCUT2D eigenvalue weighted by Gasteiger charge is -2.36. The quantitative estimate of drug-likeness (QED) is 0.403. The number of rotatable bonds is 3. The van der Waals surface area contributed by atoms with Crippen LogP contribution in [0.5, 0.6) is 5.75 Å². The maximum Gasteiger partial charge on any atom is 0.416 e. The van der Waals surface area contributed by atoms with Gasteiger partial charge in [-0.1, -0.05) is 12.1 Å². The van der Waals surface area contributed by atoms with Crippen LogP contribution in [0.3, 0.4) is 0 Å². The largest absolute Gasteiger partial charge is 0.502 e. The molecule has 33 heavy (non-hydrogen) atoms. The van der Waals surface area contributed by atoms with Crippen LogP contribution in [0.1, 0.15) is 11.1 Å². The van der Waals surface area contributed by atoms with E-state index in [0.29, 0.717) is 42.6 Å². The lowest BCUT2D eigenvalue weighted by atomic mass is 10.1. The molecule has 0 aromatic heterocycles. The lowest BCUT2D eigenvalue weighted by molar-refractivity contribution is -0.385. The highest BCUT2D eigenvalue weighted by Gasteiger charge is 2.32. The Morgan fingerprint density at radius 3 is 2.45 bits per heavy atom. The van der Waals surface area contributed by atoms with Crippen LogP contribution in [0.4, 0.5) is 24.5 Å². The second-order valence-corrected chi connectivity index (χ2v) is 8.35.